The minimum atomic E-state index is 0.0545. The van der Waals surface area contributed by atoms with E-state index in [0.717, 1.165) is 16.7 Å². The summed E-state index contributed by atoms with van der Waals surface area (Å²) in [5.41, 5.74) is 1.65. The van der Waals surface area contributed by atoms with Crippen LogP contribution in [0.25, 0.3) is 20.5 Å². The van der Waals surface area contributed by atoms with Gasteiger partial charge in [-0.05, 0) is 55.1 Å². The first-order chi connectivity index (χ1) is 10.2. The average Bonchev–Trinajstić information content (AvgIpc) is 2.91. The van der Waals surface area contributed by atoms with Crippen molar-refractivity contribution >= 4 is 27.7 Å². The molecule has 1 heterocycles. The highest BCUT2D eigenvalue weighted by molar-refractivity contribution is 7.22. The molecule has 2 aromatic carbocycles. The summed E-state index contributed by atoms with van der Waals surface area (Å²) in [4.78, 5) is 12.5. The minimum absolute atomic E-state index is 0.0545. The van der Waals surface area contributed by atoms with Gasteiger partial charge in [-0.15, -0.1) is 11.3 Å². The lowest BCUT2D eigenvalue weighted by Gasteiger charge is -2.12. The molecule has 0 radical (unpaired) electrons. The minimum Gasteiger partial charge on any atom is -0.490 e. The fourth-order valence-corrected chi connectivity index (χ4v) is 3.34. The monoisotopic (exact) mass is 296 g/mol. The number of fused-ring (bicyclic) bond motifs is 1. The number of ether oxygens (including phenoxy) is 1. The summed E-state index contributed by atoms with van der Waals surface area (Å²) < 4.78 is 6.91. The van der Waals surface area contributed by atoms with Crippen LogP contribution >= 0.6 is 11.3 Å². The van der Waals surface area contributed by atoms with E-state index in [1.807, 2.05) is 44.2 Å². The zero-order chi connectivity index (χ0) is 14.8. The SMILES string of the molecule is CC(C)Oc1ccc(-c2cc3ccccc3s2)cc1C=O. The molecule has 106 valence electrons. The van der Waals surface area contributed by atoms with Crippen molar-refractivity contribution in [3.63, 3.8) is 0 Å². The topological polar surface area (TPSA) is 26.3 Å². The lowest BCUT2D eigenvalue weighted by atomic mass is 10.1. The second-order valence-corrected chi connectivity index (χ2v) is 6.27. The molecular formula is C18H16O2S. The maximum absolute atomic E-state index is 11.3. The van der Waals surface area contributed by atoms with Crippen molar-refractivity contribution in [1.29, 1.82) is 0 Å². The Bertz CT molecular complexity index is 754. The molecule has 0 saturated carbocycles. The highest BCUT2D eigenvalue weighted by Gasteiger charge is 2.09. The number of carbonyl (C=O) groups excluding carboxylic acids is 1. The summed E-state index contributed by atoms with van der Waals surface area (Å²) in [6, 6.07) is 16.2. The molecule has 0 N–H and O–H groups in total. The zero-order valence-electron chi connectivity index (χ0n) is 12.0. The van der Waals surface area contributed by atoms with Crippen molar-refractivity contribution in [2.75, 3.05) is 0 Å². The fourth-order valence-electron chi connectivity index (χ4n) is 2.28. The van der Waals surface area contributed by atoms with Gasteiger partial charge in [0.25, 0.3) is 0 Å². The molecule has 0 aliphatic carbocycles. The fraction of sp³-hybridized carbons (Fsp3) is 0.167. The predicted octanol–water partition coefficient (Wildman–Crippen LogP) is 5.17. The van der Waals surface area contributed by atoms with Gasteiger partial charge in [0.2, 0.25) is 0 Å². The lowest BCUT2D eigenvalue weighted by molar-refractivity contribution is 0.111. The van der Waals surface area contributed by atoms with Crippen molar-refractivity contribution in [3.05, 3.63) is 54.1 Å². The highest BCUT2D eigenvalue weighted by atomic mass is 32.1. The first kappa shape index (κ1) is 13.8. The number of hydrogen-bond donors (Lipinski definition) is 0. The van der Waals surface area contributed by atoms with Crippen LogP contribution in [0.15, 0.2) is 48.5 Å². The molecule has 0 amide bonds. The van der Waals surface area contributed by atoms with Crippen molar-refractivity contribution in [2.24, 2.45) is 0 Å². The molecule has 0 atom stereocenters. The van der Waals surface area contributed by atoms with E-state index in [1.54, 1.807) is 11.3 Å². The molecule has 0 aliphatic rings. The molecule has 2 nitrogen and oxygen atoms in total. The molecular weight excluding hydrogens is 280 g/mol. The van der Waals surface area contributed by atoms with Crippen LogP contribution in [0.4, 0.5) is 0 Å². The van der Waals surface area contributed by atoms with E-state index in [2.05, 4.69) is 18.2 Å². The molecule has 0 saturated heterocycles. The maximum atomic E-state index is 11.3. The average molecular weight is 296 g/mol. The van der Waals surface area contributed by atoms with Crippen LogP contribution in [0.3, 0.4) is 0 Å². The Morgan fingerprint density at radius 3 is 2.62 bits per heavy atom. The van der Waals surface area contributed by atoms with Gasteiger partial charge < -0.3 is 4.74 Å². The van der Waals surface area contributed by atoms with Crippen molar-refractivity contribution < 1.29 is 9.53 Å². The van der Waals surface area contributed by atoms with Crippen molar-refractivity contribution in [2.45, 2.75) is 20.0 Å². The van der Waals surface area contributed by atoms with Crippen LogP contribution in [0.2, 0.25) is 0 Å². The number of benzene rings is 2. The van der Waals surface area contributed by atoms with Gasteiger partial charge in [0, 0.05) is 9.58 Å². The van der Waals surface area contributed by atoms with Crippen molar-refractivity contribution in [1.82, 2.24) is 0 Å². The third-order valence-corrected chi connectivity index (χ3v) is 4.37. The first-order valence-electron chi connectivity index (χ1n) is 6.92. The van der Waals surface area contributed by atoms with E-state index >= 15 is 0 Å². The van der Waals surface area contributed by atoms with Gasteiger partial charge in [0.05, 0.1) is 11.7 Å². The van der Waals surface area contributed by atoms with Gasteiger partial charge in [-0.3, -0.25) is 4.79 Å². The molecule has 3 rings (SSSR count). The van der Waals surface area contributed by atoms with Crippen LogP contribution in [-0.4, -0.2) is 12.4 Å². The second-order valence-electron chi connectivity index (χ2n) is 5.19. The number of carbonyl (C=O) groups is 1. The Labute approximate surface area is 128 Å². The summed E-state index contributed by atoms with van der Waals surface area (Å²) in [7, 11) is 0. The van der Waals surface area contributed by atoms with Gasteiger partial charge in [0.15, 0.2) is 6.29 Å². The molecule has 1 aromatic heterocycles. The summed E-state index contributed by atoms with van der Waals surface area (Å²) in [5.74, 6) is 0.643. The smallest absolute Gasteiger partial charge is 0.153 e. The first-order valence-corrected chi connectivity index (χ1v) is 7.74. The molecule has 0 bridgehead atoms. The second kappa shape index (κ2) is 5.70. The predicted molar refractivity (Wildman–Crippen MR) is 88.4 cm³/mol. The lowest BCUT2D eigenvalue weighted by Crippen LogP contribution is -2.07. The molecule has 0 fully saturated rings. The molecule has 0 unspecified atom stereocenters. The molecule has 0 aliphatic heterocycles. The maximum Gasteiger partial charge on any atom is 0.153 e. The normalized spacial score (nSPS) is 11.0. The third-order valence-electron chi connectivity index (χ3n) is 3.21. The Hall–Kier alpha value is -2.13. The van der Waals surface area contributed by atoms with E-state index in [0.29, 0.717) is 11.3 Å². The van der Waals surface area contributed by atoms with Gasteiger partial charge in [-0.25, -0.2) is 0 Å². The molecule has 0 spiro atoms. The zero-order valence-corrected chi connectivity index (χ0v) is 12.8. The highest BCUT2D eigenvalue weighted by Crippen LogP contribution is 2.35. The van der Waals surface area contributed by atoms with Crippen LogP contribution in [0, 0.1) is 0 Å². The van der Waals surface area contributed by atoms with Crippen LogP contribution in [-0.2, 0) is 0 Å². The molecule has 3 heteroatoms. The summed E-state index contributed by atoms with van der Waals surface area (Å²) in [5, 5.41) is 1.23. The number of aldehydes is 1. The van der Waals surface area contributed by atoms with E-state index in [1.165, 1.54) is 10.1 Å². The summed E-state index contributed by atoms with van der Waals surface area (Å²) in [6.07, 6.45) is 0.910. The number of hydrogen-bond acceptors (Lipinski definition) is 3. The Kier molecular flexibility index (Phi) is 3.76. The Morgan fingerprint density at radius 2 is 1.90 bits per heavy atom. The quantitative estimate of drug-likeness (QED) is 0.621. The largest absolute Gasteiger partial charge is 0.490 e. The van der Waals surface area contributed by atoms with Gasteiger partial charge in [-0.2, -0.15) is 0 Å². The van der Waals surface area contributed by atoms with E-state index in [4.69, 9.17) is 4.74 Å². The van der Waals surface area contributed by atoms with E-state index < -0.39 is 0 Å². The third kappa shape index (κ3) is 2.83. The van der Waals surface area contributed by atoms with E-state index in [9.17, 15) is 4.79 Å². The Balaban J connectivity index is 2.04. The van der Waals surface area contributed by atoms with E-state index in [-0.39, 0.29) is 6.10 Å². The Morgan fingerprint density at radius 1 is 1.10 bits per heavy atom. The summed E-state index contributed by atoms with van der Waals surface area (Å²) >= 11 is 1.73. The summed E-state index contributed by atoms with van der Waals surface area (Å²) in [6.45, 7) is 3.91. The van der Waals surface area contributed by atoms with Gasteiger partial charge in [-0.1, -0.05) is 18.2 Å². The van der Waals surface area contributed by atoms with Gasteiger partial charge in [0.1, 0.15) is 5.75 Å². The molecule has 21 heavy (non-hydrogen) atoms. The van der Waals surface area contributed by atoms with Crippen LogP contribution < -0.4 is 4.74 Å². The number of thiophene rings is 1. The van der Waals surface area contributed by atoms with Gasteiger partial charge >= 0.3 is 0 Å². The standard InChI is InChI=1S/C18H16O2S/c1-12(2)20-16-8-7-14(9-15(16)11-19)18-10-13-5-3-4-6-17(13)21-18/h3-12H,1-2H3. The van der Waals surface area contributed by atoms with Crippen LogP contribution in [0.1, 0.15) is 24.2 Å². The number of rotatable bonds is 4. The van der Waals surface area contributed by atoms with Crippen LogP contribution in [0.5, 0.6) is 5.75 Å². The van der Waals surface area contributed by atoms with Crippen molar-refractivity contribution in [3.8, 4) is 16.2 Å². The molecule has 3 aromatic rings.